The summed E-state index contributed by atoms with van der Waals surface area (Å²) in [5.74, 6) is -0.00328. The fourth-order valence-electron chi connectivity index (χ4n) is 3.34. The number of anilines is 1. The average Bonchev–Trinajstić information content (AvgIpc) is 3.01. The van der Waals surface area contributed by atoms with Gasteiger partial charge in [0.1, 0.15) is 16.2 Å². The molecule has 1 amide bonds. The Morgan fingerprint density at radius 2 is 2.12 bits per heavy atom. The van der Waals surface area contributed by atoms with Crippen molar-refractivity contribution < 1.29 is 4.79 Å². The summed E-state index contributed by atoms with van der Waals surface area (Å²) in [6.07, 6.45) is 6.34. The van der Waals surface area contributed by atoms with Crippen LogP contribution in [0.4, 0.5) is 5.69 Å². The number of carbonyl (C=O) groups excluding carboxylic acids is 1. The van der Waals surface area contributed by atoms with Crippen molar-refractivity contribution in [3.8, 4) is 0 Å². The minimum absolute atomic E-state index is 0.00328. The molecule has 134 valence electrons. The molecule has 26 heavy (non-hydrogen) atoms. The number of nitrogens with zero attached hydrogens (tertiary/aromatic N) is 2. The van der Waals surface area contributed by atoms with E-state index in [0.29, 0.717) is 0 Å². The van der Waals surface area contributed by atoms with Crippen LogP contribution in [-0.4, -0.2) is 21.1 Å². The maximum Gasteiger partial charge on any atom is 0.237 e. The molecule has 1 aliphatic rings. The fraction of sp³-hybridized carbons (Fsp3) is 0.350. The van der Waals surface area contributed by atoms with Gasteiger partial charge in [0.2, 0.25) is 5.91 Å². The van der Waals surface area contributed by atoms with Gasteiger partial charge in [0.25, 0.3) is 0 Å². The number of thiophene rings is 1. The van der Waals surface area contributed by atoms with Crippen molar-refractivity contribution in [3.05, 3.63) is 46.6 Å². The smallest absolute Gasteiger partial charge is 0.237 e. The molecule has 1 aromatic carbocycles. The Kier molecular flexibility index (Phi) is 4.96. The highest BCUT2D eigenvalue weighted by molar-refractivity contribution is 8.00. The lowest BCUT2D eigenvalue weighted by molar-refractivity contribution is -0.115. The third kappa shape index (κ3) is 3.48. The Hall–Kier alpha value is -1.92. The topological polar surface area (TPSA) is 54.9 Å². The summed E-state index contributed by atoms with van der Waals surface area (Å²) in [4.78, 5) is 24.1. The zero-order valence-electron chi connectivity index (χ0n) is 14.9. The summed E-state index contributed by atoms with van der Waals surface area (Å²) < 4.78 is 0. The molecule has 0 radical (unpaired) electrons. The number of hydrogen-bond acceptors (Lipinski definition) is 5. The minimum atomic E-state index is -0.229. The van der Waals surface area contributed by atoms with Crippen molar-refractivity contribution in [3.63, 3.8) is 0 Å². The van der Waals surface area contributed by atoms with Gasteiger partial charge in [-0.25, -0.2) is 9.97 Å². The highest BCUT2D eigenvalue weighted by Crippen LogP contribution is 2.40. The number of amides is 1. The molecule has 2 aromatic heterocycles. The van der Waals surface area contributed by atoms with Crippen molar-refractivity contribution in [2.24, 2.45) is 0 Å². The van der Waals surface area contributed by atoms with Gasteiger partial charge in [-0.2, -0.15) is 0 Å². The number of aryl methyl sites for hydroxylation is 3. The lowest BCUT2D eigenvalue weighted by atomic mass is 9.97. The number of aromatic nitrogens is 2. The van der Waals surface area contributed by atoms with Crippen molar-refractivity contribution in [1.82, 2.24) is 9.97 Å². The minimum Gasteiger partial charge on any atom is -0.325 e. The molecule has 0 bridgehead atoms. The summed E-state index contributed by atoms with van der Waals surface area (Å²) in [5.41, 5.74) is 3.37. The first kappa shape index (κ1) is 17.5. The average molecular weight is 384 g/mol. The van der Waals surface area contributed by atoms with E-state index in [2.05, 4.69) is 15.3 Å². The molecule has 0 saturated carbocycles. The molecule has 3 aromatic rings. The summed E-state index contributed by atoms with van der Waals surface area (Å²) in [5, 5.41) is 4.88. The van der Waals surface area contributed by atoms with Crippen LogP contribution in [0.1, 0.15) is 35.8 Å². The maximum atomic E-state index is 12.6. The van der Waals surface area contributed by atoms with Crippen molar-refractivity contribution >= 4 is 44.9 Å². The van der Waals surface area contributed by atoms with Gasteiger partial charge in [0.15, 0.2) is 0 Å². The second-order valence-electron chi connectivity index (χ2n) is 6.69. The van der Waals surface area contributed by atoms with E-state index in [0.717, 1.165) is 33.9 Å². The molecule has 4 rings (SSSR count). The van der Waals surface area contributed by atoms with Crippen LogP contribution in [0, 0.1) is 6.92 Å². The number of nitrogens with one attached hydrogen (secondary N) is 1. The largest absolute Gasteiger partial charge is 0.325 e. The summed E-state index contributed by atoms with van der Waals surface area (Å²) >= 11 is 3.31. The molecule has 0 fully saturated rings. The first-order valence-corrected chi connectivity index (χ1v) is 10.6. The molecule has 1 atom stereocenters. The van der Waals surface area contributed by atoms with Crippen molar-refractivity contribution in [2.75, 3.05) is 5.32 Å². The number of fused-ring (bicyclic) bond motifs is 3. The molecular formula is C20H21N3OS2. The quantitative estimate of drug-likeness (QED) is 0.509. The van der Waals surface area contributed by atoms with Crippen LogP contribution in [-0.2, 0) is 17.6 Å². The number of rotatable bonds is 4. The van der Waals surface area contributed by atoms with Crippen LogP contribution in [0.5, 0.6) is 0 Å². The van der Waals surface area contributed by atoms with Crippen molar-refractivity contribution in [2.45, 2.75) is 49.8 Å². The van der Waals surface area contributed by atoms with Gasteiger partial charge >= 0.3 is 0 Å². The fourth-order valence-corrected chi connectivity index (χ4v) is 5.58. The zero-order valence-corrected chi connectivity index (χ0v) is 16.5. The van der Waals surface area contributed by atoms with E-state index in [9.17, 15) is 4.79 Å². The molecule has 0 saturated heterocycles. The second-order valence-corrected chi connectivity index (χ2v) is 9.10. The van der Waals surface area contributed by atoms with Gasteiger partial charge < -0.3 is 5.32 Å². The maximum absolute atomic E-state index is 12.6. The molecule has 1 unspecified atom stereocenters. The zero-order chi connectivity index (χ0) is 18.1. The number of thioether (sulfide) groups is 1. The Bertz CT molecular complexity index is 967. The van der Waals surface area contributed by atoms with Gasteiger partial charge in [0, 0.05) is 16.0 Å². The van der Waals surface area contributed by atoms with Crippen LogP contribution in [0.3, 0.4) is 0 Å². The number of benzene rings is 1. The Morgan fingerprint density at radius 1 is 1.27 bits per heavy atom. The third-order valence-corrected chi connectivity index (χ3v) is 6.96. The third-order valence-electron chi connectivity index (χ3n) is 4.66. The predicted molar refractivity (Wildman–Crippen MR) is 109 cm³/mol. The van der Waals surface area contributed by atoms with Gasteiger partial charge in [-0.15, -0.1) is 11.3 Å². The second kappa shape index (κ2) is 7.37. The normalized spacial score (nSPS) is 14.8. The highest BCUT2D eigenvalue weighted by atomic mass is 32.2. The van der Waals surface area contributed by atoms with E-state index in [4.69, 9.17) is 0 Å². The van der Waals surface area contributed by atoms with Gasteiger partial charge in [0.05, 0.1) is 5.25 Å². The Labute approximate surface area is 161 Å². The summed E-state index contributed by atoms with van der Waals surface area (Å²) in [7, 11) is 0. The van der Waals surface area contributed by atoms with Crippen LogP contribution in [0.25, 0.3) is 10.2 Å². The Balaban J connectivity index is 1.56. The Morgan fingerprint density at radius 3 is 2.96 bits per heavy atom. The molecule has 1 aliphatic carbocycles. The van der Waals surface area contributed by atoms with Crippen LogP contribution < -0.4 is 5.32 Å². The monoisotopic (exact) mass is 383 g/mol. The predicted octanol–water partition coefficient (Wildman–Crippen LogP) is 5.00. The molecule has 0 spiro atoms. The molecule has 1 N–H and O–H groups in total. The first-order valence-electron chi connectivity index (χ1n) is 8.91. The van der Waals surface area contributed by atoms with Gasteiger partial charge in [-0.1, -0.05) is 23.9 Å². The van der Waals surface area contributed by atoms with Crippen LogP contribution in [0.15, 0.2) is 35.6 Å². The molecule has 4 nitrogen and oxygen atoms in total. The SMILES string of the molecule is Cc1cccc(NC(=O)C(C)Sc2ncnc3sc4c(c23)CCCC4)c1. The molecule has 2 heterocycles. The van der Waals surface area contributed by atoms with Crippen LogP contribution in [0.2, 0.25) is 0 Å². The molecule has 0 aliphatic heterocycles. The van der Waals surface area contributed by atoms with E-state index in [-0.39, 0.29) is 11.2 Å². The van der Waals surface area contributed by atoms with E-state index in [1.165, 1.54) is 40.4 Å². The molecular weight excluding hydrogens is 362 g/mol. The van der Waals surface area contributed by atoms with Gasteiger partial charge in [-0.05, 0) is 62.8 Å². The van der Waals surface area contributed by atoms with E-state index < -0.39 is 0 Å². The van der Waals surface area contributed by atoms with E-state index in [1.54, 1.807) is 17.7 Å². The van der Waals surface area contributed by atoms with Crippen LogP contribution >= 0.6 is 23.1 Å². The number of hydrogen-bond donors (Lipinski definition) is 1. The lowest BCUT2D eigenvalue weighted by Crippen LogP contribution is -2.22. The lowest BCUT2D eigenvalue weighted by Gasteiger charge is -2.14. The van der Waals surface area contributed by atoms with E-state index >= 15 is 0 Å². The number of carbonyl (C=O) groups is 1. The first-order chi connectivity index (χ1) is 12.6. The summed E-state index contributed by atoms with van der Waals surface area (Å²) in [6.45, 7) is 3.95. The van der Waals surface area contributed by atoms with Gasteiger partial charge in [-0.3, -0.25) is 4.79 Å². The standard InChI is InChI=1S/C20H21N3OS2/c1-12-6-5-7-14(10-12)23-18(24)13(2)25-19-17-15-8-3-4-9-16(15)26-20(17)22-11-21-19/h5-7,10-11,13H,3-4,8-9H2,1-2H3,(H,23,24). The summed E-state index contributed by atoms with van der Waals surface area (Å²) in [6, 6.07) is 7.87. The highest BCUT2D eigenvalue weighted by Gasteiger charge is 2.23. The van der Waals surface area contributed by atoms with Crippen molar-refractivity contribution in [1.29, 1.82) is 0 Å². The molecule has 6 heteroatoms. The van der Waals surface area contributed by atoms with E-state index in [1.807, 2.05) is 38.1 Å².